The third-order valence-corrected chi connectivity index (χ3v) is 3.16. The van der Waals surface area contributed by atoms with Gasteiger partial charge in [-0.15, -0.1) is 0 Å². The van der Waals surface area contributed by atoms with E-state index in [-0.39, 0.29) is 17.6 Å². The highest BCUT2D eigenvalue weighted by atomic mass is 19.4. The number of hydrazine groups is 1. The Morgan fingerprint density at radius 1 is 1.30 bits per heavy atom. The van der Waals surface area contributed by atoms with Crippen molar-refractivity contribution in [3.63, 3.8) is 0 Å². The molecule has 0 radical (unpaired) electrons. The average molecular weight is 332 g/mol. The molecule has 0 bridgehead atoms. The fourth-order valence-corrected chi connectivity index (χ4v) is 1.92. The van der Waals surface area contributed by atoms with Gasteiger partial charge in [0.1, 0.15) is 5.75 Å². The minimum atomic E-state index is -4.49. The van der Waals surface area contributed by atoms with Crippen molar-refractivity contribution in [3.8, 4) is 5.75 Å². The SMILES string of the molecule is O=C(COc1cccc(C(F)(F)F)c1)NNC(=O)C1CCOC1. The zero-order valence-corrected chi connectivity index (χ0v) is 12.0. The molecule has 1 aliphatic rings. The van der Waals surface area contributed by atoms with Gasteiger partial charge in [-0.25, -0.2) is 0 Å². The van der Waals surface area contributed by atoms with Gasteiger partial charge in [0.2, 0.25) is 5.91 Å². The molecule has 9 heteroatoms. The summed E-state index contributed by atoms with van der Waals surface area (Å²) in [5.41, 5.74) is 3.48. The second-order valence-corrected chi connectivity index (χ2v) is 4.91. The molecule has 23 heavy (non-hydrogen) atoms. The molecule has 6 nitrogen and oxygen atoms in total. The lowest BCUT2D eigenvalue weighted by molar-refractivity contribution is -0.137. The van der Waals surface area contributed by atoms with E-state index in [2.05, 4.69) is 10.9 Å². The maximum Gasteiger partial charge on any atom is 0.416 e. The van der Waals surface area contributed by atoms with Crippen LogP contribution >= 0.6 is 0 Å². The molecule has 0 saturated carbocycles. The average Bonchev–Trinajstić information content (AvgIpc) is 3.04. The van der Waals surface area contributed by atoms with E-state index in [4.69, 9.17) is 9.47 Å². The van der Waals surface area contributed by atoms with E-state index in [0.29, 0.717) is 19.6 Å². The van der Waals surface area contributed by atoms with Gasteiger partial charge in [-0.05, 0) is 24.6 Å². The van der Waals surface area contributed by atoms with Crippen LogP contribution in [0.3, 0.4) is 0 Å². The predicted octanol–water partition coefficient (Wildman–Crippen LogP) is 1.27. The monoisotopic (exact) mass is 332 g/mol. The van der Waals surface area contributed by atoms with E-state index >= 15 is 0 Å². The smallest absolute Gasteiger partial charge is 0.416 e. The van der Waals surface area contributed by atoms with Gasteiger partial charge in [-0.1, -0.05) is 6.07 Å². The van der Waals surface area contributed by atoms with E-state index in [1.165, 1.54) is 12.1 Å². The molecule has 1 atom stereocenters. The van der Waals surface area contributed by atoms with Crippen LogP contribution in [-0.4, -0.2) is 31.6 Å². The summed E-state index contributed by atoms with van der Waals surface area (Å²) in [7, 11) is 0. The van der Waals surface area contributed by atoms with Crippen molar-refractivity contribution in [2.75, 3.05) is 19.8 Å². The number of ether oxygens (including phenoxy) is 2. The molecule has 126 valence electrons. The molecule has 1 aromatic rings. The topological polar surface area (TPSA) is 76.7 Å². The Hall–Kier alpha value is -2.29. The molecule has 0 aromatic heterocycles. The van der Waals surface area contributed by atoms with Gasteiger partial charge in [-0.2, -0.15) is 13.2 Å². The summed E-state index contributed by atoms with van der Waals surface area (Å²) in [5, 5.41) is 0. The minimum absolute atomic E-state index is 0.0921. The van der Waals surface area contributed by atoms with Crippen molar-refractivity contribution in [1.82, 2.24) is 10.9 Å². The fraction of sp³-hybridized carbons (Fsp3) is 0.429. The summed E-state index contributed by atoms with van der Waals surface area (Å²) in [6.07, 6.45) is -3.92. The number of hydrogen-bond acceptors (Lipinski definition) is 4. The lowest BCUT2D eigenvalue weighted by Gasteiger charge is -2.12. The molecule has 2 N–H and O–H groups in total. The first kappa shape index (κ1) is 17.1. The molecule has 1 heterocycles. The standard InChI is InChI=1S/C14H15F3N2O4/c15-14(16,17)10-2-1-3-11(6-10)23-8-12(20)18-19-13(21)9-4-5-22-7-9/h1-3,6,9H,4-5,7-8H2,(H,18,20)(H,19,21). The zero-order valence-electron chi connectivity index (χ0n) is 12.0. The number of nitrogens with one attached hydrogen (secondary N) is 2. The molecule has 1 aromatic carbocycles. The first-order chi connectivity index (χ1) is 10.9. The van der Waals surface area contributed by atoms with Crippen molar-refractivity contribution >= 4 is 11.8 Å². The van der Waals surface area contributed by atoms with Crippen LogP contribution in [0, 0.1) is 5.92 Å². The maximum absolute atomic E-state index is 12.5. The first-order valence-electron chi connectivity index (χ1n) is 6.83. The lowest BCUT2D eigenvalue weighted by Crippen LogP contribution is -2.46. The molecule has 1 fully saturated rings. The van der Waals surface area contributed by atoms with E-state index in [9.17, 15) is 22.8 Å². The van der Waals surface area contributed by atoms with Gasteiger partial charge in [-0.3, -0.25) is 20.4 Å². The summed E-state index contributed by atoms with van der Waals surface area (Å²) >= 11 is 0. The minimum Gasteiger partial charge on any atom is -0.484 e. The Morgan fingerprint density at radius 3 is 2.74 bits per heavy atom. The Balaban J connectivity index is 1.77. The molecule has 1 unspecified atom stereocenters. The number of alkyl halides is 3. The van der Waals surface area contributed by atoms with Crippen molar-refractivity contribution in [3.05, 3.63) is 29.8 Å². The van der Waals surface area contributed by atoms with Crippen LogP contribution in [0.5, 0.6) is 5.75 Å². The number of carbonyl (C=O) groups is 2. The largest absolute Gasteiger partial charge is 0.484 e. The normalized spacial score (nSPS) is 17.6. The molecule has 0 spiro atoms. The number of carbonyl (C=O) groups excluding carboxylic acids is 2. The Morgan fingerprint density at radius 2 is 2.09 bits per heavy atom. The number of amides is 2. The van der Waals surface area contributed by atoms with Gasteiger partial charge in [0, 0.05) is 6.61 Å². The maximum atomic E-state index is 12.5. The highest BCUT2D eigenvalue weighted by Gasteiger charge is 2.30. The summed E-state index contributed by atoms with van der Waals surface area (Å²) in [6, 6.07) is 4.17. The second-order valence-electron chi connectivity index (χ2n) is 4.91. The number of halogens is 3. The summed E-state index contributed by atoms with van der Waals surface area (Å²) < 4.78 is 47.6. The van der Waals surface area contributed by atoms with Crippen molar-refractivity contribution in [2.24, 2.45) is 5.92 Å². The molecule has 2 rings (SSSR count). The lowest BCUT2D eigenvalue weighted by atomic mass is 10.1. The van der Waals surface area contributed by atoms with E-state index in [1.807, 2.05) is 0 Å². The first-order valence-corrected chi connectivity index (χ1v) is 6.83. The Bertz CT molecular complexity index is 571. The van der Waals surface area contributed by atoms with Crippen LogP contribution in [0.2, 0.25) is 0 Å². The molecule has 1 aliphatic heterocycles. The van der Waals surface area contributed by atoms with E-state index in [0.717, 1.165) is 12.1 Å². The van der Waals surface area contributed by atoms with Crippen LogP contribution in [0.25, 0.3) is 0 Å². The summed E-state index contributed by atoms with van der Waals surface area (Å²) in [5.74, 6) is -1.48. The molecule has 1 saturated heterocycles. The van der Waals surface area contributed by atoms with Gasteiger partial charge in [0.15, 0.2) is 6.61 Å². The van der Waals surface area contributed by atoms with Crippen LogP contribution < -0.4 is 15.6 Å². The van der Waals surface area contributed by atoms with Crippen molar-refractivity contribution in [2.45, 2.75) is 12.6 Å². The highest BCUT2D eigenvalue weighted by molar-refractivity contribution is 5.84. The number of rotatable bonds is 4. The van der Waals surface area contributed by atoms with Crippen molar-refractivity contribution in [1.29, 1.82) is 0 Å². The van der Waals surface area contributed by atoms with Crippen LogP contribution in [0.4, 0.5) is 13.2 Å². The van der Waals surface area contributed by atoms with E-state index < -0.39 is 24.3 Å². The molecular formula is C14H15F3N2O4. The van der Waals surface area contributed by atoms with Gasteiger partial charge >= 0.3 is 6.18 Å². The second kappa shape index (κ2) is 7.32. The van der Waals surface area contributed by atoms with Crippen LogP contribution in [0.1, 0.15) is 12.0 Å². The summed E-state index contributed by atoms with van der Waals surface area (Å²) in [6.45, 7) is 0.260. The third kappa shape index (κ3) is 5.13. The quantitative estimate of drug-likeness (QED) is 0.814. The molecular weight excluding hydrogens is 317 g/mol. The Labute approximate surface area is 129 Å². The Kier molecular flexibility index (Phi) is 5.43. The van der Waals surface area contributed by atoms with Gasteiger partial charge < -0.3 is 9.47 Å². The molecule has 2 amide bonds. The predicted molar refractivity (Wildman–Crippen MR) is 72.2 cm³/mol. The molecule has 0 aliphatic carbocycles. The number of benzene rings is 1. The fourth-order valence-electron chi connectivity index (χ4n) is 1.92. The highest BCUT2D eigenvalue weighted by Crippen LogP contribution is 2.31. The van der Waals surface area contributed by atoms with Crippen LogP contribution in [-0.2, 0) is 20.5 Å². The van der Waals surface area contributed by atoms with Crippen molar-refractivity contribution < 1.29 is 32.2 Å². The van der Waals surface area contributed by atoms with Gasteiger partial charge in [0.05, 0.1) is 18.1 Å². The van der Waals surface area contributed by atoms with Crippen LogP contribution in [0.15, 0.2) is 24.3 Å². The third-order valence-electron chi connectivity index (χ3n) is 3.16. The van der Waals surface area contributed by atoms with E-state index in [1.54, 1.807) is 0 Å². The number of hydrogen-bond donors (Lipinski definition) is 2. The van der Waals surface area contributed by atoms with Gasteiger partial charge in [0.25, 0.3) is 5.91 Å². The zero-order chi connectivity index (χ0) is 16.9. The summed E-state index contributed by atoms with van der Waals surface area (Å²) in [4.78, 5) is 23.1.